The second-order valence-electron chi connectivity index (χ2n) is 5.27. The minimum absolute atomic E-state index is 0.0872. The molecule has 104 valence electrons. The number of carbonyl (C=O) groups is 2. The van der Waals surface area contributed by atoms with Crippen molar-refractivity contribution in [2.24, 2.45) is 0 Å². The van der Waals surface area contributed by atoms with E-state index in [1.807, 2.05) is 26.8 Å². The van der Waals surface area contributed by atoms with Gasteiger partial charge in [0.25, 0.3) is 5.91 Å². The zero-order valence-electron chi connectivity index (χ0n) is 11.7. The number of aromatic amines is 1. The van der Waals surface area contributed by atoms with Gasteiger partial charge in [0, 0.05) is 24.7 Å². The standard InChI is InChI=1S/C14H21N3O2/c1-4-10-5-6-12(15-10)14(19)16-11-7-13(18)17(8-11)9(2)3/h5-6,9,11,15H,4,7-8H2,1-3H3,(H,16,19)/t11-/m1/s1. The van der Waals surface area contributed by atoms with Crippen molar-refractivity contribution < 1.29 is 9.59 Å². The van der Waals surface area contributed by atoms with Crippen molar-refractivity contribution in [2.45, 2.75) is 45.7 Å². The first kappa shape index (κ1) is 13.6. The van der Waals surface area contributed by atoms with Crippen molar-refractivity contribution in [1.29, 1.82) is 0 Å². The molecule has 0 aliphatic carbocycles. The molecule has 1 atom stereocenters. The van der Waals surface area contributed by atoms with Crippen LogP contribution in [0.3, 0.4) is 0 Å². The van der Waals surface area contributed by atoms with E-state index < -0.39 is 0 Å². The molecule has 0 unspecified atom stereocenters. The molecule has 2 rings (SSSR count). The predicted octanol–water partition coefficient (Wildman–Crippen LogP) is 1.32. The lowest BCUT2D eigenvalue weighted by Crippen LogP contribution is -2.39. The number of amides is 2. The topological polar surface area (TPSA) is 65.2 Å². The van der Waals surface area contributed by atoms with Gasteiger partial charge in [-0.3, -0.25) is 9.59 Å². The molecule has 1 aliphatic rings. The molecular formula is C14H21N3O2. The summed E-state index contributed by atoms with van der Waals surface area (Å²) in [6, 6.07) is 3.79. The summed E-state index contributed by atoms with van der Waals surface area (Å²) >= 11 is 0. The quantitative estimate of drug-likeness (QED) is 0.860. The molecule has 1 aromatic heterocycles. The molecule has 1 saturated heterocycles. The number of hydrogen-bond donors (Lipinski definition) is 2. The normalized spacial score (nSPS) is 19.3. The van der Waals surface area contributed by atoms with Crippen molar-refractivity contribution in [3.8, 4) is 0 Å². The Kier molecular flexibility index (Phi) is 3.93. The number of aryl methyl sites for hydroxylation is 1. The van der Waals surface area contributed by atoms with E-state index in [0.29, 0.717) is 18.7 Å². The molecule has 5 heteroatoms. The monoisotopic (exact) mass is 263 g/mol. The Morgan fingerprint density at radius 1 is 1.53 bits per heavy atom. The van der Waals surface area contributed by atoms with Crippen LogP contribution in [0.2, 0.25) is 0 Å². The molecular weight excluding hydrogens is 242 g/mol. The van der Waals surface area contributed by atoms with Crippen LogP contribution in [0.25, 0.3) is 0 Å². The number of nitrogens with zero attached hydrogens (tertiary/aromatic N) is 1. The zero-order chi connectivity index (χ0) is 14.0. The lowest BCUT2D eigenvalue weighted by Gasteiger charge is -2.21. The van der Waals surface area contributed by atoms with Crippen LogP contribution >= 0.6 is 0 Å². The van der Waals surface area contributed by atoms with Gasteiger partial charge in [0.1, 0.15) is 5.69 Å². The number of carbonyl (C=O) groups excluding carboxylic acids is 2. The summed E-state index contributed by atoms with van der Waals surface area (Å²) in [4.78, 5) is 28.7. The highest BCUT2D eigenvalue weighted by molar-refractivity contribution is 5.93. The molecule has 0 bridgehead atoms. The van der Waals surface area contributed by atoms with Crippen molar-refractivity contribution in [3.05, 3.63) is 23.5 Å². The van der Waals surface area contributed by atoms with Crippen LogP contribution in [0.15, 0.2) is 12.1 Å². The van der Waals surface area contributed by atoms with E-state index in [0.717, 1.165) is 12.1 Å². The highest BCUT2D eigenvalue weighted by Gasteiger charge is 2.32. The molecule has 0 aromatic carbocycles. The Morgan fingerprint density at radius 3 is 2.79 bits per heavy atom. The smallest absolute Gasteiger partial charge is 0.267 e. The third-order valence-electron chi connectivity index (χ3n) is 3.49. The molecule has 0 spiro atoms. The molecule has 2 N–H and O–H groups in total. The molecule has 2 amide bonds. The second kappa shape index (κ2) is 5.47. The van der Waals surface area contributed by atoms with Crippen molar-refractivity contribution in [1.82, 2.24) is 15.2 Å². The summed E-state index contributed by atoms with van der Waals surface area (Å²) in [5.74, 6) is -0.0239. The first-order valence-corrected chi connectivity index (χ1v) is 6.79. The van der Waals surface area contributed by atoms with E-state index in [1.165, 1.54) is 0 Å². The van der Waals surface area contributed by atoms with Crippen LogP contribution in [0.4, 0.5) is 0 Å². The number of hydrogen-bond acceptors (Lipinski definition) is 2. The third-order valence-corrected chi connectivity index (χ3v) is 3.49. The lowest BCUT2D eigenvalue weighted by molar-refractivity contribution is -0.129. The highest BCUT2D eigenvalue weighted by atomic mass is 16.2. The summed E-state index contributed by atoms with van der Waals surface area (Å²) in [7, 11) is 0. The maximum absolute atomic E-state index is 12.0. The molecule has 5 nitrogen and oxygen atoms in total. The number of rotatable bonds is 4. The fraction of sp³-hybridized carbons (Fsp3) is 0.571. The fourth-order valence-electron chi connectivity index (χ4n) is 2.37. The van der Waals surface area contributed by atoms with E-state index in [-0.39, 0.29) is 23.9 Å². The van der Waals surface area contributed by atoms with Gasteiger partial charge in [-0.2, -0.15) is 0 Å². The maximum Gasteiger partial charge on any atom is 0.267 e. The second-order valence-corrected chi connectivity index (χ2v) is 5.27. The van der Waals surface area contributed by atoms with Gasteiger partial charge in [0.15, 0.2) is 0 Å². The van der Waals surface area contributed by atoms with Crippen LogP contribution in [0.1, 0.15) is 43.4 Å². The minimum atomic E-state index is -0.136. The number of likely N-dealkylation sites (tertiary alicyclic amines) is 1. The summed E-state index contributed by atoms with van der Waals surface area (Å²) in [5, 5.41) is 2.92. The first-order valence-electron chi connectivity index (χ1n) is 6.79. The van der Waals surface area contributed by atoms with Gasteiger partial charge in [-0.25, -0.2) is 0 Å². The van der Waals surface area contributed by atoms with Gasteiger partial charge in [0.2, 0.25) is 5.91 Å². The molecule has 0 saturated carbocycles. The molecule has 2 heterocycles. The summed E-state index contributed by atoms with van der Waals surface area (Å²) in [6.07, 6.45) is 1.27. The Balaban J connectivity index is 1.95. The summed E-state index contributed by atoms with van der Waals surface area (Å²) < 4.78 is 0. The van der Waals surface area contributed by atoms with Gasteiger partial charge in [-0.1, -0.05) is 6.92 Å². The van der Waals surface area contributed by atoms with Crippen LogP contribution in [0, 0.1) is 0 Å². The van der Waals surface area contributed by atoms with Gasteiger partial charge >= 0.3 is 0 Å². The molecule has 0 radical (unpaired) electrons. The Morgan fingerprint density at radius 2 is 2.26 bits per heavy atom. The fourth-order valence-corrected chi connectivity index (χ4v) is 2.37. The van der Waals surface area contributed by atoms with Gasteiger partial charge in [0.05, 0.1) is 6.04 Å². The van der Waals surface area contributed by atoms with Crippen LogP contribution < -0.4 is 5.32 Å². The van der Waals surface area contributed by atoms with E-state index in [9.17, 15) is 9.59 Å². The number of aromatic nitrogens is 1. The highest BCUT2D eigenvalue weighted by Crippen LogP contribution is 2.14. The lowest BCUT2D eigenvalue weighted by atomic mass is 10.2. The summed E-state index contributed by atoms with van der Waals surface area (Å²) in [6.45, 7) is 6.61. The maximum atomic E-state index is 12.0. The van der Waals surface area contributed by atoms with Crippen LogP contribution in [0.5, 0.6) is 0 Å². The molecule has 19 heavy (non-hydrogen) atoms. The SMILES string of the molecule is CCc1ccc(C(=O)N[C@@H]2CC(=O)N(C(C)C)C2)[nH]1. The molecule has 1 aromatic rings. The largest absolute Gasteiger partial charge is 0.354 e. The van der Waals surface area contributed by atoms with Gasteiger partial charge in [-0.05, 0) is 32.4 Å². The van der Waals surface area contributed by atoms with Crippen molar-refractivity contribution in [2.75, 3.05) is 6.54 Å². The first-order chi connectivity index (χ1) is 9.01. The molecule has 1 aliphatic heterocycles. The predicted molar refractivity (Wildman–Crippen MR) is 72.9 cm³/mol. The van der Waals surface area contributed by atoms with E-state index >= 15 is 0 Å². The van der Waals surface area contributed by atoms with Crippen LogP contribution in [-0.2, 0) is 11.2 Å². The van der Waals surface area contributed by atoms with E-state index in [2.05, 4.69) is 10.3 Å². The average Bonchev–Trinajstić information content (AvgIpc) is 2.95. The van der Waals surface area contributed by atoms with E-state index in [1.54, 1.807) is 11.0 Å². The number of nitrogens with one attached hydrogen (secondary N) is 2. The van der Waals surface area contributed by atoms with Crippen molar-refractivity contribution >= 4 is 11.8 Å². The Bertz CT molecular complexity index is 479. The Labute approximate surface area is 113 Å². The third kappa shape index (κ3) is 2.97. The van der Waals surface area contributed by atoms with Gasteiger partial charge < -0.3 is 15.2 Å². The Hall–Kier alpha value is -1.78. The summed E-state index contributed by atoms with van der Waals surface area (Å²) in [5.41, 5.74) is 1.60. The van der Waals surface area contributed by atoms with E-state index in [4.69, 9.17) is 0 Å². The van der Waals surface area contributed by atoms with Crippen molar-refractivity contribution in [3.63, 3.8) is 0 Å². The average molecular weight is 263 g/mol. The van der Waals surface area contributed by atoms with Crippen LogP contribution in [-0.4, -0.2) is 40.3 Å². The zero-order valence-corrected chi connectivity index (χ0v) is 11.7. The number of H-pyrrole nitrogens is 1. The minimum Gasteiger partial charge on any atom is -0.354 e. The molecule has 1 fully saturated rings. The van der Waals surface area contributed by atoms with Gasteiger partial charge in [-0.15, -0.1) is 0 Å².